The van der Waals surface area contributed by atoms with Gasteiger partial charge in [0.25, 0.3) is 5.91 Å². The maximum Gasteiger partial charge on any atom is 0.254 e. The Bertz CT molecular complexity index is 479. The normalized spacial score (nSPS) is 12.0. The van der Waals surface area contributed by atoms with Crippen molar-refractivity contribution in [3.05, 3.63) is 32.7 Å². The Morgan fingerprint density at radius 3 is 2.61 bits per heavy atom. The molecule has 0 saturated carbocycles. The van der Waals surface area contributed by atoms with Crippen LogP contribution in [0.1, 0.15) is 23.7 Å². The van der Waals surface area contributed by atoms with Crippen LogP contribution in [0.3, 0.4) is 0 Å². The number of benzene rings is 1. The van der Waals surface area contributed by atoms with Crippen molar-refractivity contribution in [1.29, 1.82) is 0 Å². The van der Waals surface area contributed by atoms with Gasteiger partial charge in [0.05, 0.1) is 10.6 Å². The molecule has 98 valence electrons. The second kappa shape index (κ2) is 6.63. The lowest BCUT2D eigenvalue weighted by atomic mass is 10.1. The summed E-state index contributed by atoms with van der Waals surface area (Å²) in [5.41, 5.74) is 6.12. The smallest absolute Gasteiger partial charge is 0.254 e. The van der Waals surface area contributed by atoms with Crippen LogP contribution >= 0.6 is 44.1 Å². The number of rotatable bonds is 4. The maximum absolute atomic E-state index is 12.3. The summed E-state index contributed by atoms with van der Waals surface area (Å²) in [7, 11) is 1.75. The SMILES string of the molecule is CC(CC(N)=S)N(C)C(=O)c1ccc(Br)cc1Br. The van der Waals surface area contributed by atoms with Gasteiger partial charge in [0.2, 0.25) is 0 Å². The van der Waals surface area contributed by atoms with Gasteiger partial charge in [0, 0.05) is 28.5 Å². The fourth-order valence-corrected chi connectivity index (χ4v) is 2.94. The van der Waals surface area contributed by atoms with Crippen LogP contribution in [0.4, 0.5) is 0 Å². The van der Waals surface area contributed by atoms with E-state index >= 15 is 0 Å². The van der Waals surface area contributed by atoms with Gasteiger partial charge < -0.3 is 10.6 Å². The number of halogens is 2. The topological polar surface area (TPSA) is 46.3 Å². The molecule has 0 aliphatic carbocycles. The summed E-state index contributed by atoms with van der Waals surface area (Å²) in [6.45, 7) is 1.92. The molecule has 0 aliphatic rings. The van der Waals surface area contributed by atoms with Gasteiger partial charge >= 0.3 is 0 Å². The van der Waals surface area contributed by atoms with E-state index in [4.69, 9.17) is 18.0 Å². The third kappa shape index (κ3) is 4.03. The van der Waals surface area contributed by atoms with Crippen LogP contribution in [0, 0.1) is 0 Å². The standard InChI is InChI=1S/C12H14Br2N2OS/c1-7(5-11(15)18)16(2)12(17)9-4-3-8(13)6-10(9)14/h3-4,6-7H,5H2,1-2H3,(H2,15,18). The zero-order chi connectivity index (χ0) is 13.9. The van der Waals surface area contributed by atoms with Crippen LogP contribution in [-0.2, 0) is 0 Å². The number of carbonyl (C=O) groups excluding carboxylic acids is 1. The Morgan fingerprint density at radius 2 is 2.11 bits per heavy atom. The molecular formula is C12H14Br2N2OS. The number of nitrogens with zero attached hydrogens (tertiary/aromatic N) is 1. The quantitative estimate of drug-likeness (QED) is 0.798. The third-order valence-corrected chi connectivity index (χ3v) is 3.96. The van der Waals surface area contributed by atoms with E-state index in [0.29, 0.717) is 17.0 Å². The molecule has 0 aromatic heterocycles. The minimum atomic E-state index is -0.0573. The van der Waals surface area contributed by atoms with E-state index in [0.717, 1.165) is 8.95 Å². The van der Waals surface area contributed by atoms with Gasteiger partial charge in [0.15, 0.2) is 0 Å². The lowest BCUT2D eigenvalue weighted by molar-refractivity contribution is 0.0747. The highest BCUT2D eigenvalue weighted by molar-refractivity contribution is 9.11. The summed E-state index contributed by atoms with van der Waals surface area (Å²) >= 11 is 11.6. The molecule has 6 heteroatoms. The molecule has 0 spiro atoms. The van der Waals surface area contributed by atoms with E-state index < -0.39 is 0 Å². The molecule has 1 unspecified atom stereocenters. The van der Waals surface area contributed by atoms with E-state index in [1.165, 1.54) is 0 Å². The van der Waals surface area contributed by atoms with Gasteiger partial charge in [-0.1, -0.05) is 28.1 Å². The lowest BCUT2D eigenvalue weighted by Gasteiger charge is -2.25. The highest BCUT2D eigenvalue weighted by Gasteiger charge is 2.20. The molecule has 0 aliphatic heterocycles. The lowest BCUT2D eigenvalue weighted by Crippen LogP contribution is -2.37. The first-order chi connectivity index (χ1) is 8.32. The molecule has 1 aromatic carbocycles. The Hall–Kier alpha value is -0.460. The van der Waals surface area contributed by atoms with Crippen LogP contribution < -0.4 is 5.73 Å². The van der Waals surface area contributed by atoms with E-state index in [1.807, 2.05) is 19.1 Å². The molecule has 0 bridgehead atoms. The molecule has 1 aromatic rings. The molecule has 0 heterocycles. The zero-order valence-electron chi connectivity index (χ0n) is 10.1. The van der Waals surface area contributed by atoms with Crippen molar-refractivity contribution in [3.8, 4) is 0 Å². The molecule has 18 heavy (non-hydrogen) atoms. The first-order valence-electron chi connectivity index (χ1n) is 5.33. The van der Waals surface area contributed by atoms with Crippen LogP contribution in [-0.4, -0.2) is 28.9 Å². The first-order valence-corrected chi connectivity index (χ1v) is 7.33. The summed E-state index contributed by atoms with van der Waals surface area (Å²) in [4.78, 5) is 14.4. The number of carbonyl (C=O) groups is 1. The second-order valence-electron chi connectivity index (χ2n) is 4.06. The Labute approximate surface area is 129 Å². The Balaban J connectivity index is 2.89. The Kier molecular flexibility index (Phi) is 5.75. The number of amides is 1. The molecule has 3 nitrogen and oxygen atoms in total. The van der Waals surface area contributed by atoms with Crippen molar-refractivity contribution < 1.29 is 4.79 Å². The van der Waals surface area contributed by atoms with Crippen molar-refractivity contribution in [2.45, 2.75) is 19.4 Å². The monoisotopic (exact) mass is 392 g/mol. The molecule has 1 amide bonds. The van der Waals surface area contributed by atoms with Crippen LogP contribution in [0.2, 0.25) is 0 Å². The van der Waals surface area contributed by atoms with Gasteiger partial charge in [-0.3, -0.25) is 4.79 Å². The molecule has 0 fully saturated rings. The van der Waals surface area contributed by atoms with E-state index in [9.17, 15) is 4.79 Å². The predicted octanol–water partition coefficient (Wildman–Crippen LogP) is 3.35. The summed E-state index contributed by atoms with van der Waals surface area (Å²) in [6, 6.07) is 5.44. The number of thiocarbonyl (C=S) groups is 1. The minimum absolute atomic E-state index is 0.0226. The summed E-state index contributed by atoms with van der Waals surface area (Å²) in [6.07, 6.45) is 0.520. The van der Waals surface area contributed by atoms with Crippen LogP contribution in [0.5, 0.6) is 0 Å². The predicted molar refractivity (Wildman–Crippen MR) is 84.8 cm³/mol. The summed E-state index contributed by atoms with van der Waals surface area (Å²) in [5.74, 6) is -0.0573. The molecule has 1 atom stereocenters. The van der Waals surface area contributed by atoms with Crippen LogP contribution in [0.15, 0.2) is 27.1 Å². The Morgan fingerprint density at radius 1 is 1.50 bits per heavy atom. The van der Waals surface area contributed by atoms with Crippen molar-refractivity contribution in [1.82, 2.24) is 4.90 Å². The maximum atomic E-state index is 12.3. The summed E-state index contributed by atoms with van der Waals surface area (Å²) in [5, 5.41) is 0. The van der Waals surface area contributed by atoms with Gasteiger partial charge in [-0.25, -0.2) is 0 Å². The largest absolute Gasteiger partial charge is 0.393 e. The zero-order valence-corrected chi connectivity index (χ0v) is 14.1. The number of hydrogen-bond donors (Lipinski definition) is 1. The van der Waals surface area contributed by atoms with Gasteiger partial charge in [-0.05, 0) is 41.1 Å². The van der Waals surface area contributed by atoms with E-state index in [-0.39, 0.29) is 11.9 Å². The van der Waals surface area contributed by atoms with Gasteiger partial charge in [-0.2, -0.15) is 0 Å². The second-order valence-corrected chi connectivity index (χ2v) is 6.35. The van der Waals surface area contributed by atoms with Crippen molar-refractivity contribution >= 4 is 55.0 Å². The minimum Gasteiger partial charge on any atom is -0.393 e. The van der Waals surface area contributed by atoms with Crippen molar-refractivity contribution in [3.63, 3.8) is 0 Å². The van der Waals surface area contributed by atoms with E-state index in [2.05, 4.69) is 31.9 Å². The van der Waals surface area contributed by atoms with Gasteiger partial charge in [0.1, 0.15) is 0 Å². The molecular weight excluding hydrogens is 380 g/mol. The summed E-state index contributed by atoms with van der Waals surface area (Å²) < 4.78 is 1.68. The third-order valence-electron chi connectivity index (χ3n) is 2.64. The van der Waals surface area contributed by atoms with Crippen molar-refractivity contribution in [2.75, 3.05) is 7.05 Å². The number of nitrogens with two attached hydrogens (primary N) is 1. The van der Waals surface area contributed by atoms with Crippen molar-refractivity contribution in [2.24, 2.45) is 5.73 Å². The first kappa shape index (κ1) is 15.6. The molecule has 0 saturated heterocycles. The number of hydrogen-bond acceptors (Lipinski definition) is 2. The average Bonchev–Trinajstić information content (AvgIpc) is 2.26. The van der Waals surface area contributed by atoms with Gasteiger partial charge in [-0.15, -0.1) is 0 Å². The fourth-order valence-electron chi connectivity index (χ4n) is 1.48. The van der Waals surface area contributed by atoms with E-state index in [1.54, 1.807) is 18.0 Å². The van der Waals surface area contributed by atoms with Crippen LogP contribution in [0.25, 0.3) is 0 Å². The fraction of sp³-hybridized carbons (Fsp3) is 0.333. The molecule has 1 rings (SSSR count). The molecule has 0 radical (unpaired) electrons. The average molecular weight is 394 g/mol. The molecule has 2 N–H and O–H groups in total. The highest BCUT2D eigenvalue weighted by Crippen LogP contribution is 2.23. The highest BCUT2D eigenvalue weighted by atomic mass is 79.9.